The summed E-state index contributed by atoms with van der Waals surface area (Å²) >= 11 is 0. The van der Waals surface area contributed by atoms with Crippen molar-refractivity contribution in [3.63, 3.8) is 0 Å². The summed E-state index contributed by atoms with van der Waals surface area (Å²) in [5.41, 5.74) is 4.97. The van der Waals surface area contributed by atoms with Gasteiger partial charge in [-0.05, 0) is 0 Å². The van der Waals surface area contributed by atoms with Gasteiger partial charge in [-0.1, -0.05) is 0 Å². The Morgan fingerprint density at radius 3 is 1.03 bits per heavy atom. The van der Waals surface area contributed by atoms with Crippen molar-refractivity contribution in [2.24, 2.45) is 0 Å². The van der Waals surface area contributed by atoms with Crippen LogP contribution < -0.4 is 0 Å². The molecular weight excluding hydrogens is 430 g/mol. The number of hydrogen-bond acceptors (Lipinski definition) is 0. The van der Waals surface area contributed by atoms with Crippen molar-refractivity contribution in [1.29, 1.82) is 0 Å². The predicted molar refractivity (Wildman–Crippen MR) is 124 cm³/mol. The van der Waals surface area contributed by atoms with Crippen molar-refractivity contribution >= 4 is 15.8 Å². The molecule has 12 heterocycles. The summed E-state index contributed by atoms with van der Waals surface area (Å²) in [4.78, 5) is 12.4. The molecule has 12 rings (SSSR count). The quantitative estimate of drug-likeness (QED) is 0.269. The van der Waals surface area contributed by atoms with Crippen molar-refractivity contribution in [3.8, 4) is 0 Å². The fourth-order valence-electron chi connectivity index (χ4n) is 22.3. The van der Waals surface area contributed by atoms with Gasteiger partial charge in [0.05, 0.1) is 0 Å². The minimum atomic E-state index is -3.24. The van der Waals surface area contributed by atoms with Gasteiger partial charge in [-0.3, -0.25) is 0 Å². The van der Waals surface area contributed by atoms with Gasteiger partial charge in [0.25, 0.3) is 0 Å². The van der Waals surface area contributed by atoms with Gasteiger partial charge in [0.2, 0.25) is 0 Å². The summed E-state index contributed by atoms with van der Waals surface area (Å²) in [7, 11) is 0.875. The summed E-state index contributed by atoms with van der Waals surface area (Å²) in [6.07, 6.45) is 13.0. The first-order valence-corrected chi connectivity index (χ1v) is 22.9. The van der Waals surface area contributed by atoms with Crippen LogP contribution in [0.4, 0.5) is 0 Å². The molecule has 3 heteroatoms. The molecule has 8 unspecified atom stereocenters. The van der Waals surface area contributed by atoms with Gasteiger partial charge >= 0.3 is 171 Å². The molecule has 0 saturated carbocycles. The van der Waals surface area contributed by atoms with E-state index in [1.54, 1.807) is 89.9 Å². The van der Waals surface area contributed by atoms with Crippen LogP contribution in [-0.4, -0.2) is 30.7 Å². The summed E-state index contributed by atoms with van der Waals surface area (Å²) in [6, 6.07) is 0. The van der Waals surface area contributed by atoms with Crippen LogP contribution in [0, 0.1) is 0 Å². The molecule has 12 aliphatic heterocycles. The van der Waals surface area contributed by atoms with Crippen molar-refractivity contribution in [1.82, 2.24) is 0 Å². The van der Waals surface area contributed by atoms with E-state index >= 15 is 0 Å². The molecule has 12 fully saturated rings. The van der Waals surface area contributed by atoms with Gasteiger partial charge < -0.3 is 0 Å². The maximum atomic E-state index is 2.61. The molecule has 0 aromatic heterocycles. The minimum absolute atomic E-state index is 0.437. The molecule has 0 amide bonds. The SMILES string of the molecule is CC[C@H]1CC[C@H](CC)P1[C]12[CH]3[CH]4[CH]5[CH]1[Fe]45321678[CH]2[CH]1[CH]6[C]7(P1[C@@H](CC)CC[C@@H]1CC)[CH]28. The predicted octanol–water partition coefficient (Wildman–Crippen LogP) is 8.86. The van der Waals surface area contributed by atoms with Gasteiger partial charge in [0.1, 0.15) is 0 Å². The third-order valence-electron chi connectivity index (χ3n) is 20.6. The second kappa shape index (κ2) is 2.01. The molecule has 29 heavy (non-hydrogen) atoms. The standard InChI is InChI=1S/2C13H20P.Fe/c2*1-3-11-9-10-12(4-2)14(11)13-7-5-6-8-13;/h2*5-8,11-12H,3-4,9-10H2,1-2H3;/t2*11-,12-;/m00./s1. The Kier molecular flexibility index (Phi) is 1.06. The molecule has 0 radical (unpaired) electrons. The van der Waals surface area contributed by atoms with Gasteiger partial charge in [-0.25, -0.2) is 0 Å². The molecule has 12 saturated heterocycles. The molecule has 0 N–H and O–H groups in total. The van der Waals surface area contributed by atoms with Crippen LogP contribution in [0.2, 0.25) is 38.5 Å². The fraction of sp³-hybridized carbons (Fsp3) is 1.00. The average Bonchev–Trinajstić information content (AvgIpc) is 3.61. The van der Waals surface area contributed by atoms with Gasteiger partial charge in [0.15, 0.2) is 0 Å². The first-order valence-electron chi connectivity index (χ1n) is 13.7. The molecule has 162 valence electrons. The normalized spacial score (nSPS) is 94.6. The van der Waals surface area contributed by atoms with Crippen LogP contribution in [0.5, 0.6) is 0 Å². The maximum absolute atomic E-state index is 3.24. The van der Waals surface area contributed by atoms with Crippen LogP contribution in [0.25, 0.3) is 0 Å². The van der Waals surface area contributed by atoms with E-state index in [2.05, 4.69) is 27.7 Å². The van der Waals surface area contributed by atoms with E-state index in [1.165, 1.54) is 30.7 Å². The van der Waals surface area contributed by atoms with E-state index in [-0.39, 0.29) is 0 Å². The van der Waals surface area contributed by atoms with Crippen molar-refractivity contribution in [3.05, 3.63) is 0 Å². The van der Waals surface area contributed by atoms with E-state index < -0.39 is 6.51 Å². The Balaban J connectivity index is 1.18. The zero-order valence-electron chi connectivity index (χ0n) is 18.8. The zero-order chi connectivity index (χ0) is 19.1. The second-order valence-electron chi connectivity index (χ2n) is 15.9. The summed E-state index contributed by atoms with van der Waals surface area (Å²) in [5, 5.41) is 0. The summed E-state index contributed by atoms with van der Waals surface area (Å²) in [6.45, 7) is 7.20. The fourth-order valence-corrected chi connectivity index (χ4v) is 132. The number of hydrogen-bond donors (Lipinski definition) is 0. The van der Waals surface area contributed by atoms with Crippen molar-refractivity contribution in [2.75, 3.05) is 0 Å². The van der Waals surface area contributed by atoms with E-state index in [0.29, 0.717) is 15.8 Å². The van der Waals surface area contributed by atoms with Crippen LogP contribution in [0.3, 0.4) is 0 Å². The molecule has 12 aliphatic rings. The Morgan fingerprint density at radius 2 is 0.828 bits per heavy atom. The molecule has 0 nitrogen and oxygen atoms in total. The Morgan fingerprint density at radius 1 is 0.552 bits per heavy atom. The zero-order valence-corrected chi connectivity index (χ0v) is 21.7. The van der Waals surface area contributed by atoms with Gasteiger partial charge in [-0.15, -0.1) is 0 Å². The molecule has 0 bridgehead atoms. The Bertz CT molecular complexity index is 1200. The van der Waals surface area contributed by atoms with Crippen LogP contribution >= 0.6 is 15.8 Å². The molecule has 0 aliphatic carbocycles. The average molecular weight is 470 g/mol. The Labute approximate surface area is 170 Å². The van der Waals surface area contributed by atoms with Crippen LogP contribution in [0.1, 0.15) is 79.1 Å². The monoisotopic (exact) mass is 470 g/mol. The number of fused-ring (bicyclic) bond motifs is 10. The third-order valence-corrected chi connectivity index (χ3v) is 80.0. The first-order chi connectivity index (χ1) is 13.9. The van der Waals surface area contributed by atoms with Crippen molar-refractivity contribution in [2.45, 2.75) is 148 Å². The van der Waals surface area contributed by atoms with Gasteiger partial charge in [0, 0.05) is 0 Å². The van der Waals surface area contributed by atoms with E-state index in [1.807, 2.05) is 0 Å². The van der Waals surface area contributed by atoms with Crippen molar-refractivity contribution < 1.29 is 6.51 Å². The number of rotatable bonds is 6. The molecule has 0 aromatic carbocycles. The van der Waals surface area contributed by atoms with E-state index in [9.17, 15) is 0 Å². The summed E-state index contributed by atoms with van der Waals surface area (Å²) in [5.74, 6) is 0. The van der Waals surface area contributed by atoms with Gasteiger partial charge in [-0.2, -0.15) is 0 Å². The van der Waals surface area contributed by atoms with Crippen LogP contribution in [0.15, 0.2) is 0 Å². The molecule has 1 spiro atoms. The topological polar surface area (TPSA) is 0 Å². The van der Waals surface area contributed by atoms with E-state index in [0.717, 1.165) is 0 Å². The molecule has 12 atom stereocenters. The summed E-state index contributed by atoms with van der Waals surface area (Å²) < 4.78 is 2.48. The third kappa shape index (κ3) is 0.295. The van der Waals surface area contributed by atoms with E-state index in [4.69, 9.17) is 0 Å². The second-order valence-corrected chi connectivity index (χ2v) is 45.9. The Hall–Kier alpha value is 1.38. The van der Waals surface area contributed by atoms with Crippen LogP contribution in [-0.2, 0) is 6.51 Å². The first kappa shape index (κ1) is 15.3. The molecule has 0 aromatic rings. The molecular formula is C26H40FeP2.